The molecule has 0 atom stereocenters. The SMILES string of the molecule is CCOC(=O)N1CCC(=NNC(=S)NC(C)C)CC1. The fourth-order valence-corrected chi connectivity index (χ4v) is 1.98. The van der Waals surface area contributed by atoms with Crippen LogP contribution >= 0.6 is 12.2 Å². The lowest BCUT2D eigenvalue weighted by molar-refractivity contribution is 0.107. The standard InChI is InChI=1S/C12H22N4O2S/c1-4-18-12(17)16-7-5-10(6-8-16)14-15-11(19)13-9(2)3/h9H,4-8H2,1-3H3,(H2,13,15,19). The van der Waals surface area contributed by atoms with E-state index in [1.807, 2.05) is 13.8 Å². The molecule has 0 saturated carbocycles. The van der Waals surface area contributed by atoms with Gasteiger partial charge in [0.15, 0.2) is 5.11 Å². The van der Waals surface area contributed by atoms with Crippen LogP contribution in [0.2, 0.25) is 0 Å². The molecule has 0 aromatic heterocycles. The first-order chi connectivity index (χ1) is 9.02. The minimum absolute atomic E-state index is 0.244. The number of amides is 1. The van der Waals surface area contributed by atoms with Crippen LogP contribution in [0.5, 0.6) is 0 Å². The zero-order valence-electron chi connectivity index (χ0n) is 11.7. The smallest absolute Gasteiger partial charge is 0.409 e. The minimum Gasteiger partial charge on any atom is -0.450 e. The van der Waals surface area contributed by atoms with Crippen LogP contribution in [0, 0.1) is 0 Å². The number of carbonyl (C=O) groups is 1. The molecule has 6 nitrogen and oxygen atoms in total. The van der Waals surface area contributed by atoms with Crippen molar-refractivity contribution in [1.29, 1.82) is 0 Å². The van der Waals surface area contributed by atoms with E-state index in [1.54, 1.807) is 11.8 Å². The molecule has 1 fully saturated rings. The quantitative estimate of drug-likeness (QED) is 0.607. The van der Waals surface area contributed by atoms with E-state index >= 15 is 0 Å². The van der Waals surface area contributed by atoms with Crippen LogP contribution in [0.25, 0.3) is 0 Å². The highest BCUT2D eigenvalue weighted by molar-refractivity contribution is 7.80. The fourth-order valence-electron chi connectivity index (χ4n) is 1.70. The average molecular weight is 286 g/mol. The Hall–Kier alpha value is -1.37. The number of nitrogens with one attached hydrogen (secondary N) is 2. The molecule has 0 bridgehead atoms. The van der Waals surface area contributed by atoms with Gasteiger partial charge in [0.2, 0.25) is 0 Å². The van der Waals surface area contributed by atoms with Gasteiger partial charge in [-0.15, -0.1) is 0 Å². The van der Waals surface area contributed by atoms with Gasteiger partial charge in [-0.2, -0.15) is 5.10 Å². The molecule has 1 heterocycles. The average Bonchev–Trinajstić information content (AvgIpc) is 2.36. The second-order valence-electron chi connectivity index (χ2n) is 4.60. The summed E-state index contributed by atoms with van der Waals surface area (Å²) in [6, 6.07) is 0.283. The number of likely N-dealkylation sites (tertiary alicyclic amines) is 1. The van der Waals surface area contributed by atoms with E-state index in [2.05, 4.69) is 15.8 Å². The minimum atomic E-state index is -0.244. The number of rotatable bonds is 3. The van der Waals surface area contributed by atoms with E-state index < -0.39 is 0 Å². The Labute approximate surface area is 119 Å². The van der Waals surface area contributed by atoms with E-state index in [9.17, 15) is 4.79 Å². The summed E-state index contributed by atoms with van der Waals surface area (Å²) in [6.45, 7) is 7.53. The third-order valence-corrected chi connectivity index (χ3v) is 2.81. The molecule has 0 unspecified atom stereocenters. The summed E-state index contributed by atoms with van der Waals surface area (Å²) in [6.07, 6.45) is 1.25. The lowest BCUT2D eigenvalue weighted by Gasteiger charge is -2.26. The lowest BCUT2D eigenvalue weighted by atomic mass is 10.1. The van der Waals surface area contributed by atoms with Gasteiger partial charge in [0.1, 0.15) is 0 Å². The maximum absolute atomic E-state index is 11.5. The highest BCUT2D eigenvalue weighted by Gasteiger charge is 2.20. The van der Waals surface area contributed by atoms with Crippen molar-refractivity contribution in [3.63, 3.8) is 0 Å². The molecule has 0 aromatic rings. The molecule has 0 aliphatic carbocycles. The van der Waals surface area contributed by atoms with Crippen molar-refractivity contribution in [2.45, 2.75) is 39.7 Å². The van der Waals surface area contributed by atoms with E-state index in [0.29, 0.717) is 24.8 Å². The maximum atomic E-state index is 11.5. The Bertz CT molecular complexity index is 348. The third-order valence-electron chi connectivity index (χ3n) is 2.60. The van der Waals surface area contributed by atoms with Crippen molar-refractivity contribution in [3.8, 4) is 0 Å². The van der Waals surface area contributed by atoms with Gasteiger partial charge in [-0.3, -0.25) is 5.43 Å². The third kappa shape index (κ3) is 5.87. The summed E-state index contributed by atoms with van der Waals surface area (Å²) in [5, 5.41) is 7.84. The van der Waals surface area contributed by atoms with Crippen molar-refractivity contribution >= 4 is 29.1 Å². The van der Waals surface area contributed by atoms with Gasteiger partial charge in [-0.05, 0) is 33.0 Å². The predicted molar refractivity (Wildman–Crippen MR) is 79.3 cm³/mol. The Morgan fingerprint density at radius 1 is 1.47 bits per heavy atom. The summed E-state index contributed by atoms with van der Waals surface area (Å²) >= 11 is 5.08. The monoisotopic (exact) mass is 286 g/mol. The highest BCUT2D eigenvalue weighted by atomic mass is 32.1. The molecule has 2 N–H and O–H groups in total. The van der Waals surface area contributed by atoms with Crippen molar-refractivity contribution in [2.75, 3.05) is 19.7 Å². The predicted octanol–water partition coefficient (Wildman–Crippen LogP) is 1.47. The molecular weight excluding hydrogens is 264 g/mol. The molecule has 1 rings (SSSR count). The van der Waals surface area contributed by atoms with Crippen LogP contribution in [-0.4, -0.2) is 47.6 Å². The molecule has 1 aliphatic rings. The van der Waals surface area contributed by atoms with Crippen molar-refractivity contribution in [3.05, 3.63) is 0 Å². The number of hydrogen-bond donors (Lipinski definition) is 2. The van der Waals surface area contributed by atoms with Crippen LogP contribution in [-0.2, 0) is 4.74 Å². The molecule has 0 aromatic carbocycles. The molecule has 108 valence electrons. The van der Waals surface area contributed by atoms with E-state index in [-0.39, 0.29) is 12.1 Å². The van der Waals surface area contributed by atoms with Crippen LogP contribution in [0.15, 0.2) is 5.10 Å². The van der Waals surface area contributed by atoms with Crippen molar-refractivity contribution in [2.24, 2.45) is 5.10 Å². The zero-order valence-corrected chi connectivity index (χ0v) is 12.5. The summed E-state index contributed by atoms with van der Waals surface area (Å²) in [4.78, 5) is 13.2. The number of piperidine rings is 1. The van der Waals surface area contributed by atoms with Crippen LogP contribution < -0.4 is 10.7 Å². The first-order valence-electron chi connectivity index (χ1n) is 6.56. The largest absolute Gasteiger partial charge is 0.450 e. The van der Waals surface area contributed by atoms with Crippen LogP contribution in [0.3, 0.4) is 0 Å². The molecule has 1 aliphatic heterocycles. The van der Waals surface area contributed by atoms with Crippen molar-refractivity contribution in [1.82, 2.24) is 15.6 Å². The Kier molecular flexibility index (Phi) is 6.55. The zero-order chi connectivity index (χ0) is 14.3. The highest BCUT2D eigenvalue weighted by Crippen LogP contribution is 2.08. The van der Waals surface area contributed by atoms with Gasteiger partial charge in [0, 0.05) is 37.7 Å². The van der Waals surface area contributed by atoms with Gasteiger partial charge in [-0.1, -0.05) is 0 Å². The number of carbonyl (C=O) groups excluding carboxylic acids is 1. The van der Waals surface area contributed by atoms with E-state index in [0.717, 1.165) is 18.6 Å². The maximum Gasteiger partial charge on any atom is 0.409 e. The van der Waals surface area contributed by atoms with Gasteiger partial charge < -0.3 is 15.0 Å². The van der Waals surface area contributed by atoms with Gasteiger partial charge in [0.25, 0.3) is 0 Å². The van der Waals surface area contributed by atoms with Gasteiger partial charge in [-0.25, -0.2) is 4.79 Å². The first-order valence-corrected chi connectivity index (χ1v) is 6.97. The Balaban J connectivity index is 2.33. The number of thiocarbonyl (C=S) groups is 1. The van der Waals surface area contributed by atoms with Gasteiger partial charge in [0.05, 0.1) is 6.61 Å². The molecule has 1 saturated heterocycles. The molecule has 7 heteroatoms. The molecular formula is C12H22N4O2S. The van der Waals surface area contributed by atoms with Crippen LogP contribution in [0.1, 0.15) is 33.6 Å². The summed E-state index contributed by atoms with van der Waals surface area (Å²) in [5.41, 5.74) is 3.85. The number of hydrazone groups is 1. The Morgan fingerprint density at radius 2 is 2.11 bits per heavy atom. The number of nitrogens with zero attached hydrogens (tertiary/aromatic N) is 2. The topological polar surface area (TPSA) is 66.0 Å². The number of ether oxygens (including phenoxy) is 1. The summed E-state index contributed by atoms with van der Waals surface area (Å²) in [7, 11) is 0. The van der Waals surface area contributed by atoms with E-state index in [4.69, 9.17) is 17.0 Å². The second-order valence-corrected chi connectivity index (χ2v) is 5.01. The molecule has 0 spiro atoms. The first kappa shape index (κ1) is 15.7. The Morgan fingerprint density at radius 3 is 2.63 bits per heavy atom. The molecule has 1 amide bonds. The fraction of sp³-hybridized carbons (Fsp3) is 0.750. The summed E-state index contributed by atoms with van der Waals surface area (Å²) in [5.74, 6) is 0. The molecule has 19 heavy (non-hydrogen) atoms. The van der Waals surface area contributed by atoms with Gasteiger partial charge >= 0.3 is 6.09 Å². The van der Waals surface area contributed by atoms with E-state index in [1.165, 1.54) is 0 Å². The number of hydrogen-bond acceptors (Lipinski definition) is 4. The lowest BCUT2D eigenvalue weighted by Crippen LogP contribution is -2.41. The normalized spacial score (nSPS) is 15.2. The van der Waals surface area contributed by atoms with Crippen molar-refractivity contribution < 1.29 is 9.53 Å². The van der Waals surface area contributed by atoms with Crippen LogP contribution in [0.4, 0.5) is 4.79 Å². The summed E-state index contributed by atoms with van der Waals surface area (Å²) < 4.78 is 4.96. The second kappa shape index (κ2) is 7.93. The molecule has 0 radical (unpaired) electrons.